The Labute approximate surface area is 189 Å². The number of halogens is 1. The molecule has 4 saturated carbocycles. The number of carbonyl (C=O) groups is 2. The van der Waals surface area contributed by atoms with Gasteiger partial charge in [0.25, 0.3) is 0 Å². The van der Waals surface area contributed by atoms with Crippen molar-refractivity contribution in [1.29, 1.82) is 0 Å². The average molecular weight is 466 g/mol. The van der Waals surface area contributed by atoms with Crippen LogP contribution in [0.2, 0.25) is 0 Å². The topological polar surface area (TPSA) is 110 Å². The number of rotatable bonds is 6. The molecule has 0 heterocycles. The van der Waals surface area contributed by atoms with Crippen molar-refractivity contribution < 1.29 is 22.4 Å². The number of hydrogen-bond acceptors (Lipinski definition) is 4. The normalized spacial score (nSPS) is 31.7. The Hall–Kier alpha value is -2.00. The molecular weight excluding hydrogens is 433 g/mol. The minimum atomic E-state index is -4.09. The summed E-state index contributed by atoms with van der Waals surface area (Å²) in [6.45, 7) is 4.65. The van der Waals surface area contributed by atoms with Gasteiger partial charge in [0.2, 0.25) is 21.8 Å². The molecule has 7 nitrogen and oxygen atoms in total. The van der Waals surface area contributed by atoms with E-state index >= 15 is 0 Å². The van der Waals surface area contributed by atoms with E-state index in [4.69, 9.17) is 5.73 Å². The minimum absolute atomic E-state index is 0.0984. The Balaban J connectivity index is 1.53. The summed E-state index contributed by atoms with van der Waals surface area (Å²) in [4.78, 5) is 25.3. The summed E-state index contributed by atoms with van der Waals surface area (Å²) in [7, 11) is -2.75. The number of primary amides is 1. The number of benzene rings is 1. The molecule has 4 aliphatic rings. The largest absolute Gasteiger partial charge is 0.369 e. The monoisotopic (exact) mass is 465 g/mol. The van der Waals surface area contributed by atoms with Crippen LogP contribution in [0.4, 0.5) is 4.39 Å². The second kappa shape index (κ2) is 7.52. The quantitative estimate of drug-likeness (QED) is 0.672. The summed E-state index contributed by atoms with van der Waals surface area (Å²) in [5, 5.41) is 3.11. The van der Waals surface area contributed by atoms with Crippen LogP contribution in [-0.4, -0.2) is 43.2 Å². The first kappa shape index (κ1) is 23.2. The van der Waals surface area contributed by atoms with E-state index in [1.807, 2.05) is 0 Å². The lowest BCUT2D eigenvalue weighted by Gasteiger charge is -2.59. The molecule has 4 aliphatic carbocycles. The van der Waals surface area contributed by atoms with Crippen LogP contribution in [0.5, 0.6) is 0 Å². The molecule has 4 fully saturated rings. The fourth-order valence-electron chi connectivity index (χ4n) is 6.23. The van der Waals surface area contributed by atoms with Crippen molar-refractivity contribution in [3.63, 3.8) is 0 Å². The maximum atomic E-state index is 14.0. The third-order valence-corrected chi connectivity index (χ3v) is 10.3. The molecule has 0 aromatic heterocycles. The van der Waals surface area contributed by atoms with E-state index in [1.165, 1.54) is 19.2 Å². The number of aryl methyl sites for hydroxylation is 1. The molecule has 0 radical (unpaired) electrons. The lowest BCUT2D eigenvalue weighted by molar-refractivity contribution is -0.148. The van der Waals surface area contributed by atoms with Gasteiger partial charge < -0.3 is 11.1 Å². The first-order valence-corrected chi connectivity index (χ1v) is 12.6. The maximum Gasteiger partial charge on any atom is 0.243 e. The van der Waals surface area contributed by atoms with Gasteiger partial charge in [0.15, 0.2) is 0 Å². The smallest absolute Gasteiger partial charge is 0.243 e. The van der Waals surface area contributed by atoms with Crippen molar-refractivity contribution in [2.75, 3.05) is 7.05 Å². The van der Waals surface area contributed by atoms with Gasteiger partial charge in [0, 0.05) is 18.5 Å². The molecule has 2 unspecified atom stereocenters. The summed E-state index contributed by atoms with van der Waals surface area (Å²) < 4.78 is 41.3. The Kier molecular flexibility index (Phi) is 5.44. The van der Waals surface area contributed by atoms with Gasteiger partial charge in [-0.2, -0.15) is 4.31 Å². The van der Waals surface area contributed by atoms with Crippen LogP contribution in [0.3, 0.4) is 0 Å². The molecule has 0 aliphatic heterocycles. The molecule has 32 heavy (non-hydrogen) atoms. The van der Waals surface area contributed by atoms with Crippen molar-refractivity contribution in [3.8, 4) is 0 Å². The zero-order valence-electron chi connectivity index (χ0n) is 19.0. The van der Waals surface area contributed by atoms with Crippen LogP contribution >= 0.6 is 0 Å². The number of nitrogens with two attached hydrogens (primary N) is 1. The fourth-order valence-corrected chi connectivity index (χ4v) is 7.72. The van der Waals surface area contributed by atoms with Crippen LogP contribution in [0.25, 0.3) is 0 Å². The van der Waals surface area contributed by atoms with Gasteiger partial charge in [-0.15, -0.1) is 0 Å². The van der Waals surface area contributed by atoms with Crippen LogP contribution in [-0.2, 0) is 19.6 Å². The number of nitrogens with zero attached hydrogens (tertiary/aromatic N) is 1. The van der Waals surface area contributed by atoms with Crippen molar-refractivity contribution in [1.82, 2.24) is 9.62 Å². The third-order valence-electron chi connectivity index (χ3n) is 8.24. The number of amides is 2. The molecular formula is C23H32FN3O4S. The maximum absolute atomic E-state index is 14.0. The minimum Gasteiger partial charge on any atom is -0.369 e. The van der Waals surface area contributed by atoms with Gasteiger partial charge in [-0.3, -0.25) is 9.59 Å². The molecule has 0 spiro atoms. The van der Waals surface area contributed by atoms with Gasteiger partial charge >= 0.3 is 0 Å². The second-order valence-corrected chi connectivity index (χ2v) is 12.5. The molecule has 1 aromatic rings. The number of nitrogens with one attached hydrogen (secondary N) is 1. The zero-order chi connectivity index (χ0) is 23.6. The van der Waals surface area contributed by atoms with E-state index < -0.39 is 32.7 Å². The summed E-state index contributed by atoms with van der Waals surface area (Å²) >= 11 is 0. The lowest BCUT2D eigenvalue weighted by Crippen LogP contribution is -2.65. The highest BCUT2D eigenvalue weighted by atomic mass is 32.2. The molecule has 0 saturated heterocycles. The van der Waals surface area contributed by atoms with Crippen LogP contribution in [0.1, 0.15) is 51.5 Å². The first-order chi connectivity index (χ1) is 14.8. The highest BCUT2D eigenvalue weighted by Gasteiger charge is 2.58. The van der Waals surface area contributed by atoms with Crippen LogP contribution < -0.4 is 11.1 Å². The Morgan fingerprint density at radius 3 is 2.31 bits per heavy atom. The lowest BCUT2D eigenvalue weighted by atomic mass is 9.47. The molecule has 176 valence electrons. The van der Waals surface area contributed by atoms with Crippen molar-refractivity contribution in [2.24, 2.45) is 28.9 Å². The molecule has 1 aromatic carbocycles. The van der Waals surface area contributed by atoms with E-state index in [9.17, 15) is 22.4 Å². The van der Waals surface area contributed by atoms with Gasteiger partial charge in [-0.05, 0) is 88.3 Å². The average Bonchev–Trinajstić information content (AvgIpc) is 2.71. The highest BCUT2D eigenvalue weighted by molar-refractivity contribution is 7.89. The third kappa shape index (κ3) is 3.53. The first-order valence-electron chi connectivity index (χ1n) is 11.1. The van der Waals surface area contributed by atoms with E-state index in [2.05, 4.69) is 5.32 Å². The van der Waals surface area contributed by atoms with Crippen molar-refractivity contribution in [2.45, 2.75) is 69.4 Å². The Morgan fingerprint density at radius 2 is 1.78 bits per heavy atom. The molecule has 4 bridgehead atoms. The molecule has 2 amide bonds. The zero-order valence-corrected chi connectivity index (χ0v) is 19.8. The number of sulfonamides is 1. The van der Waals surface area contributed by atoms with Gasteiger partial charge in [0.05, 0.1) is 4.90 Å². The standard InChI is InChI=1S/C23H32FN3O4S/c1-13-5-6-17(9-18(13)24)32(30,31)27(4)22(2,3)21(29)26-19-15-7-14-8-16(19)12-23(10-14,11-15)20(25)28/h5-6,9,14-16,19H,7-8,10-12H2,1-4H3,(H2,25,28)(H,26,29). The van der Waals surface area contributed by atoms with Gasteiger partial charge in [-0.25, -0.2) is 12.8 Å². The van der Waals surface area contributed by atoms with E-state index in [-0.39, 0.29) is 28.7 Å². The molecule has 3 N–H and O–H groups in total. The second-order valence-electron chi connectivity index (χ2n) is 10.6. The van der Waals surface area contributed by atoms with Crippen molar-refractivity contribution >= 4 is 21.8 Å². The predicted octanol–water partition coefficient (Wildman–Crippen LogP) is 2.33. The predicted molar refractivity (Wildman–Crippen MR) is 117 cm³/mol. The van der Waals surface area contributed by atoms with Crippen molar-refractivity contribution in [3.05, 3.63) is 29.6 Å². The molecule has 9 heteroatoms. The Morgan fingerprint density at radius 1 is 1.19 bits per heavy atom. The van der Waals surface area contributed by atoms with Gasteiger partial charge in [0.1, 0.15) is 11.4 Å². The van der Waals surface area contributed by atoms with E-state index in [0.29, 0.717) is 24.3 Å². The SMILES string of the molecule is Cc1ccc(S(=O)(=O)N(C)C(C)(C)C(=O)NC2C3CC4CC2CC(C(N)=O)(C4)C3)cc1F. The van der Waals surface area contributed by atoms with Crippen LogP contribution in [0, 0.1) is 35.9 Å². The van der Waals surface area contributed by atoms with E-state index in [0.717, 1.165) is 29.6 Å². The summed E-state index contributed by atoms with van der Waals surface area (Å²) in [5.41, 5.74) is 4.24. The number of carbonyl (C=O) groups excluding carboxylic acids is 2. The van der Waals surface area contributed by atoms with Gasteiger partial charge in [-0.1, -0.05) is 6.07 Å². The molecule has 5 rings (SSSR count). The number of likely N-dealkylation sites (N-methyl/N-ethyl adjacent to an activating group) is 1. The van der Waals surface area contributed by atoms with E-state index in [1.54, 1.807) is 20.8 Å². The van der Waals surface area contributed by atoms with Crippen LogP contribution in [0.15, 0.2) is 23.1 Å². The molecule has 2 atom stereocenters. The fraction of sp³-hybridized carbons (Fsp3) is 0.652. The summed E-state index contributed by atoms with van der Waals surface area (Å²) in [6.07, 6.45) is 4.10. The highest BCUT2D eigenvalue weighted by Crippen LogP contribution is 2.60. The number of hydrogen-bond donors (Lipinski definition) is 2. The summed E-state index contributed by atoms with van der Waals surface area (Å²) in [5.74, 6) is -0.456. The Bertz CT molecular complexity index is 1050. The summed E-state index contributed by atoms with van der Waals surface area (Å²) in [6, 6.07) is 3.64.